The van der Waals surface area contributed by atoms with E-state index in [0.29, 0.717) is 38.9 Å². The molecule has 0 aromatic heterocycles. The Hall–Kier alpha value is -3.58. The van der Waals surface area contributed by atoms with E-state index in [4.69, 9.17) is 21.1 Å². The lowest BCUT2D eigenvalue weighted by atomic mass is 10.1. The van der Waals surface area contributed by atoms with E-state index in [1.54, 1.807) is 49.4 Å². The predicted octanol–water partition coefficient (Wildman–Crippen LogP) is 5.40. The fourth-order valence-electron chi connectivity index (χ4n) is 2.90. The number of anilines is 1. The van der Waals surface area contributed by atoms with E-state index in [9.17, 15) is 14.9 Å². The van der Waals surface area contributed by atoms with Gasteiger partial charge in [0.2, 0.25) is 0 Å². The van der Waals surface area contributed by atoms with Crippen LogP contribution < -0.4 is 14.8 Å². The Balaban J connectivity index is 1.82. The number of benzene rings is 3. The first kappa shape index (κ1) is 21.1. The number of amides is 1. The minimum absolute atomic E-state index is 0.0589. The molecule has 30 heavy (non-hydrogen) atoms. The van der Waals surface area contributed by atoms with Crippen LogP contribution in [0, 0.1) is 17.0 Å². The lowest BCUT2D eigenvalue weighted by Crippen LogP contribution is -2.14. The quantitative estimate of drug-likeness (QED) is 0.403. The van der Waals surface area contributed by atoms with E-state index in [2.05, 4.69) is 5.32 Å². The maximum absolute atomic E-state index is 12.7. The van der Waals surface area contributed by atoms with Gasteiger partial charge >= 0.3 is 0 Å². The van der Waals surface area contributed by atoms with Crippen LogP contribution in [0.25, 0.3) is 0 Å². The van der Waals surface area contributed by atoms with Crippen LogP contribution in [0.15, 0.2) is 60.7 Å². The average Bonchev–Trinajstić information content (AvgIpc) is 2.74. The van der Waals surface area contributed by atoms with Gasteiger partial charge in [-0.05, 0) is 43.3 Å². The Morgan fingerprint density at radius 2 is 1.87 bits per heavy atom. The van der Waals surface area contributed by atoms with E-state index in [1.165, 1.54) is 19.2 Å². The van der Waals surface area contributed by atoms with Gasteiger partial charge in [0.05, 0.1) is 28.3 Å². The van der Waals surface area contributed by atoms with Crippen molar-refractivity contribution >= 4 is 28.9 Å². The van der Waals surface area contributed by atoms with Gasteiger partial charge in [-0.1, -0.05) is 29.8 Å². The summed E-state index contributed by atoms with van der Waals surface area (Å²) in [5, 5.41) is 14.3. The van der Waals surface area contributed by atoms with Gasteiger partial charge in [0.15, 0.2) is 0 Å². The molecule has 3 aromatic carbocycles. The third-order valence-electron chi connectivity index (χ3n) is 4.51. The molecular formula is C22H19ClN2O5. The molecule has 0 saturated carbocycles. The second kappa shape index (κ2) is 9.28. The number of halogens is 1. The van der Waals surface area contributed by atoms with Crippen molar-refractivity contribution in [1.29, 1.82) is 0 Å². The average molecular weight is 427 g/mol. The number of nitrogens with zero attached hydrogens (tertiary/aromatic N) is 1. The summed E-state index contributed by atoms with van der Waals surface area (Å²) >= 11 is 6.12. The van der Waals surface area contributed by atoms with Crippen molar-refractivity contribution in [2.45, 2.75) is 13.5 Å². The molecule has 0 unspecified atom stereocenters. The summed E-state index contributed by atoms with van der Waals surface area (Å²) in [4.78, 5) is 23.4. The first-order chi connectivity index (χ1) is 14.4. The summed E-state index contributed by atoms with van der Waals surface area (Å²) < 4.78 is 11.1. The van der Waals surface area contributed by atoms with Crippen molar-refractivity contribution in [3.63, 3.8) is 0 Å². The molecule has 1 N–H and O–H groups in total. The molecular weight excluding hydrogens is 408 g/mol. The summed E-state index contributed by atoms with van der Waals surface area (Å²) in [6.07, 6.45) is 0. The minimum atomic E-state index is -0.484. The van der Waals surface area contributed by atoms with Crippen LogP contribution in [-0.4, -0.2) is 17.9 Å². The van der Waals surface area contributed by atoms with Crippen molar-refractivity contribution < 1.29 is 19.2 Å². The second-order valence-corrected chi connectivity index (χ2v) is 6.81. The number of nitro benzene ring substituents is 1. The number of rotatable bonds is 7. The summed E-state index contributed by atoms with van der Waals surface area (Å²) in [5.74, 6) is 0.675. The maximum Gasteiger partial charge on any atom is 0.274 e. The van der Waals surface area contributed by atoms with Crippen LogP contribution in [0.1, 0.15) is 21.5 Å². The Bertz CT molecular complexity index is 1100. The number of nitro groups is 1. The number of para-hydroxylation sites is 1. The first-order valence-corrected chi connectivity index (χ1v) is 9.38. The Kier molecular flexibility index (Phi) is 6.54. The van der Waals surface area contributed by atoms with Crippen LogP contribution in [0.2, 0.25) is 5.02 Å². The van der Waals surface area contributed by atoms with Gasteiger partial charge in [-0.25, -0.2) is 0 Å². The molecule has 0 aliphatic heterocycles. The largest absolute Gasteiger partial charge is 0.496 e. The monoisotopic (exact) mass is 426 g/mol. The molecule has 3 rings (SSSR count). The van der Waals surface area contributed by atoms with Crippen molar-refractivity contribution in [3.8, 4) is 11.5 Å². The fraction of sp³-hybridized carbons (Fsp3) is 0.136. The second-order valence-electron chi connectivity index (χ2n) is 6.41. The zero-order valence-corrected chi connectivity index (χ0v) is 17.1. The third-order valence-corrected chi connectivity index (χ3v) is 4.82. The zero-order chi connectivity index (χ0) is 21.7. The van der Waals surface area contributed by atoms with Gasteiger partial charge in [-0.3, -0.25) is 14.9 Å². The normalized spacial score (nSPS) is 10.4. The van der Waals surface area contributed by atoms with E-state index < -0.39 is 10.8 Å². The molecule has 154 valence electrons. The van der Waals surface area contributed by atoms with Gasteiger partial charge < -0.3 is 14.8 Å². The highest BCUT2D eigenvalue weighted by Gasteiger charge is 2.17. The molecule has 0 aliphatic rings. The van der Waals surface area contributed by atoms with E-state index in [-0.39, 0.29) is 12.3 Å². The van der Waals surface area contributed by atoms with Crippen LogP contribution in [0.4, 0.5) is 11.4 Å². The van der Waals surface area contributed by atoms with Crippen molar-refractivity contribution in [1.82, 2.24) is 0 Å². The van der Waals surface area contributed by atoms with E-state index in [0.717, 1.165) is 0 Å². The minimum Gasteiger partial charge on any atom is -0.496 e. The summed E-state index contributed by atoms with van der Waals surface area (Å²) in [6.45, 7) is 1.73. The highest BCUT2D eigenvalue weighted by molar-refractivity contribution is 6.32. The summed E-state index contributed by atoms with van der Waals surface area (Å²) in [7, 11) is 1.53. The molecule has 3 aromatic rings. The summed E-state index contributed by atoms with van der Waals surface area (Å²) in [5.41, 5.74) is 1.71. The molecule has 1 amide bonds. The van der Waals surface area contributed by atoms with Crippen LogP contribution in [0.5, 0.6) is 11.5 Å². The smallest absolute Gasteiger partial charge is 0.274 e. The standard InChI is InChI=1S/C22H19ClN2O5/c1-14-18(7-5-8-19(14)25(27)28)24-22(26)15-10-11-20(29-2)16(12-15)13-30-21-9-4-3-6-17(21)23/h3-12H,13H2,1-2H3,(H,24,26). The Labute approximate surface area is 178 Å². The van der Waals surface area contributed by atoms with Gasteiger partial charge in [-0.15, -0.1) is 0 Å². The number of hydrogen-bond acceptors (Lipinski definition) is 5. The predicted molar refractivity (Wildman–Crippen MR) is 115 cm³/mol. The maximum atomic E-state index is 12.7. The SMILES string of the molecule is COc1ccc(C(=O)Nc2cccc([N+](=O)[O-])c2C)cc1COc1ccccc1Cl. The highest BCUT2D eigenvalue weighted by atomic mass is 35.5. The third kappa shape index (κ3) is 4.69. The topological polar surface area (TPSA) is 90.7 Å². The number of hydrogen-bond donors (Lipinski definition) is 1. The molecule has 0 aliphatic carbocycles. The van der Waals surface area contributed by atoms with Crippen LogP contribution in [0.3, 0.4) is 0 Å². The number of carbonyl (C=O) groups excluding carboxylic acids is 1. The number of ether oxygens (including phenoxy) is 2. The molecule has 0 fully saturated rings. The van der Waals surface area contributed by atoms with Gasteiger partial charge in [0.25, 0.3) is 11.6 Å². The lowest BCUT2D eigenvalue weighted by molar-refractivity contribution is -0.385. The molecule has 0 atom stereocenters. The molecule has 7 nitrogen and oxygen atoms in total. The highest BCUT2D eigenvalue weighted by Crippen LogP contribution is 2.28. The molecule has 0 spiro atoms. The molecule has 0 radical (unpaired) electrons. The Morgan fingerprint density at radius 3 is 2.57 bits per heavy atom. The fourth-order valence-corrected chi connectivity index (χ4v) is 3.09. The van der Waals surface area contributed by atoms with Gasteiger partial charge in [0.1, 0.15) is 18.1 Å². The van der Waals surface area contributed by atoms with Gasteiger partial charge in [0, 0.05) is 17.2 Å². The lowest BCUT2D eigenvalue weighted by Gasteiger charge is -2.13. The number of carbonyl (C=O) groups is 1. The number of nitrogens with one attached hydrogen (secondary N) is 1. The Morgan fingerprint density at radius 1 is 1.10 bits per heavy atom. The summed E-state index contributed by atoms with van der Waals surface area (Å²) in [6, 6.07) is 16.5. The van der Waals surface area contributed by atoms with Crippen molar-refractivity contribution in [2.75, 3.05) is 12.4 Å². The van der Waals surface area contributed by atoms with E-state index in [1.807, 2.05) is 6.07 Å². The van der Waals surface area contributed by atoms with Crippen LogP contribution in [-0.2, 0) is 6.61 Å². The first-order valence-electron chi connectivity index (χ1n) is 9.00. The molecule has 0 heterocycles. The number of methoxy groups -OCH3 is 1. The zero-order valence-electron chi connectivity index (χ0n) is 16.3. The van der Waals surface area contributed by atoms with Gasteiger partial charge in [-0.2, -0.15) is 0 Å². The molecule has 0 bridgehead atoms. The van der Waals surface area contributed by atoms with E-state index >= 15 is 0 Å². The van der Waals surface area contributed by atoms with Crippen molar-refractivity contribution in [3.05, 3.63) is 92.5 Å². The molecule has 0 saturated heterocycles. The van der Waals surface area contributed by atoms with Crippen molar-refractivity contribution in [2.24, 2.45) is 0 Å². The van der Waals surface area contributed by atoms with Crippen LogP contribution >= 0.6 is 11.6 Å². The molecule has 8 heteroatoms.